The van der Waals surface area contributed by atoms with Gasteiger partial charge in [-0.05, 0) is 142 Å². The molecule has 6 aromatic carbocycles. The molecule has 12 rings (SSSR count). The first-order chi connectivity index (χ1) is 26.5. The number of rotatable bonds is 4. The highest BCUT2D eigenvalue weighted by Crippen LogP contribution is 2.66. The number of nitrogens with zero attached hydrogens (tertiary/aromatic N) is 1. The molecule has 2 heteroatoms. The first-order valence-electron chi connectivity index (χ1n) is 20.7. The second-order valence-corrected chi connectivity index (χ2v) is 17.9. The first-order valence-corrected chi connectivity index (χ1v) is 20.7. The highest BCUT2D eigenvalue weighted by Gasteiger charge is 2.56. The molecule has 5 aliphatic carbocycles. The molecule has 0 N–H and O–H groups in total. The maximum absolute atomic E-state index is 6.97. The van der Waals surface area contributed by atoms with Crippen LogP contribution in [-0.2, 0) is 10.8 Å². The number of para-hydroxylation sites is 1. The van der Waals surface area contributed by atoms with Crippen LogP contribution in [0.2, 0.25) is 0 Å². The quantitative estimate of drug-likeness (QED) is 0.182. The number of anilines is 3. The summed E-state index contributed by atoms with van der Waals surface area (Å²) in [5.41, 5.74) is 18.4. The van der Waals surface area contributed by atoms with Crippen molar-refractivity contribution < 1.29 is 4.42 Å². The monoisotopic (exact) mass is 701 g/mol. The molecule has 7 aromatic rings. The Morgan fingerprint density at radius 2 is 1.28 bits per heavy atom. The molecule has 2 bridgehead atoms. The molecule has 1 spiro atoms. The summed E-state index contributed by atoms with van der Waals surface area (Å²) in [5, 5.41) is 2.45. The second kappa shape index (κ2) is 11.2. The standard InChI is InChI=1S/C52H47NO/c1-51(2)44-16-8-6-13-38(44)40-24-22-36(29-46(40)51)53(48-18-10-15-42-43-28-34(33-11-4-3-5-12-33)20-26-49(43)54-50(42)48)37-23-25-41-39-14-7-9-17-45(39)52(47(41)30-37)31-32-19-21-35(52)27-32/h6-10,13-18,20,22-26,28-30,32-33,35H,3-5,11-12,19,21,27,31H2,1-2H3. The Labute approximate surface area is 318 Å². The van der Waals surface area contributed by atoms with Crippen molar-refractivity contribution in [3.8, 4) is 22.3 Å². The van der Waals surface area contributed by atoms with Crippen molar-refractivity contribution in [3.63, 3.8) is 0 Å². The molecule has 0 radical (unpaired) electrons. The van der Waals surface area contributed by atoms with Crippen molar-refractivity contribution in [2.75, 3.05) is 4.90 Å². The summed E-state index contributed by atoms with van der Waals surface area (Å²) < 4.78 is 6.97. The van der Waals surface area contributed by atoms with E-state index in [0.717, 1.165) is 22.8 Å². The smallest absolute Gasteiger partial charge is 0.159 e. The van der Waals surface area contributed by atoms with E-state index in [4.69, 9.17) is 4.42 Å². The van der Waals surface area contributed by atoms with E-state index >= 15 is 0 Å². The van der Waals surface area contributed by atoms with E-state index in [2.05, 4.69) is 140 Å². The van der Waals surface area contributed by atoms with Crippen LogP contribution in [0.4, 0.5) is 17.1 Å². The molecule has 3 saturated carbocycles. The van der Waals surface area contributed by atoms with Gasteiger partial charge in [-0.25, -0.2) is 0 Å². The van der Waals surface area contributed by atoms with E-state index in [9.17, 15) is 0 Å². The Morgan fingerprint density at radius 3 is 2.04 bits per heavy atom. The Balaban J connectivity index is 1.08. The molecular formula is C52H47NO. The molecule has 2 nitrogen and oxygen atoms in total. The zero-order valence-electron chi connectivity index (χ0n) is 31.5. The fourth-order valence-electron chi connectivity index (χ4n) is 12.4. The third-order valence-corrected chi connectivity index (χ3v) is 14.9. The molecule has 3 fully saturated rings. The minimum Gasteiger partial charge on any atom is -0.454 e. The summed E-state index contributed by atoms with van der Waals surface area (Å²) >= 11 is 0. The maximum atomic E-state index is 6.97. The summed E-state index contributed by atoms with van der Waals surface area (Å²) in [7, 11) is 0. The van der Waals surface area contributed by atoms with Crippen LogP contribution in [0, 0.1) is 11.8 Å². The summed E-state index contributed by atoms with van der Waals surface area (Å²) in [4.78, 5) is 2.52. The molecule has 0 amide bonds. The van der Waals surface area contributed by atoms with Gasteiger partial charge in [0.2, 0.25) is 0 Å². The molecule has 3 atom stereocenters. The minimum absolute atomic E-state index is 0.0960. The van der Waals surface area contributed by atoms with Crippen molar-refractivity contribution in [2.24, 2.45) is 11.8 Å². The Kier molecular flexibility index (Phi) is 6.51. The molecule has 0 saturated heterocycles. The van der Waals surface area contributed by atoms with Crippen molar-refractivity contribution in [2.45, 2.75) is 88.4 Å². The number of hydrogen-bond donors (Lipinski definition) is 0. The zero-order valence-corrected chi connectivity index (χ0v) is 31.5. The van der Waals surface area contributed by atoms with Crippen LogP contribution in [0.1, 0.15) is 105 Å². The fraction of sp³-hybridized carbons (Fsp3) is 0.308. The van der Waals surface area contributed by atoms with Gasteiger partial charge in [0.25, 0.3) is 0 Å². The van der Waals surface area contributed by atoms with Crippen molar-refractivity contribution in [3.05, 3.63) is 149 Å². The molecule has 1 aromatic heterocycles. The summed E-state index contributed by atoms with van der Waals surface area (Å²) in [5.74, 6) is 2.20. The van der Waals surface area contributed by atoms with E-state index < -0.39 is 0 Å². The molecule has 266 valence electrons. The third-order valence-electron chi connectivity index (χ3n) is 14.9. The van der Waals surface area contributed by atoms with Crippen LogP contribution < -0.4 is 4.90 Å². The Hall–Kier alpha value is -5.08. The Morgan fingerprint density at radius 1 is 0.574 bits per heavy atom. The lowest BCUT2D eigenvalue weighted by atomic mass is 9.67. The largest absolute Gasteiger partial charge is 0.454 e. The molecule has 1 heterocycles. The van der Waals surface area contributed by atoms with Gasteiger partial charge >= 0.3 is 0 Å². The van der Waals surface area contributed by atoms with Gasteiger partial charge in [0.05, 0.1) is 5.69 Å². The SMILES string of the molecule is CC1(C)c2ccccc2-c2ccc(N(c3ccc4c(c3)C3(CC5CCC3C5)c3ccccc3-4)c3cccc4c3oc3ccc(C5CCCCC5)cc34)cc21. The molecular weight excluding hydrogens is 655 g/mol. The highest BCUT2D eigenvalue weighted by atomic mass is 16.3. The lowest BCUT2D eigenvalue weighted by Crippen LogP contribution is -2.32. The van der Waals surface area contributed by atoms with Crippen LogP contribution in [-0.4, -0.2) is 0 Å². The van der Waals surface area contributed by atoms with Gasteiger partial charge in [-0.1, -0.05) is 118 Å². The summed E-state index contributed by atoms with van der Waals surface area (Å²) in [6.07, 6.45) is 12.0. The zero-order chi connectivity index (χ0) is 35.8. The van der Waals surface area contributed by atoms with Gasteiger partial charge in [0.15, 0.2) is 5.58 Å². The van der Waals surface area contributed by atoms with Crippen LogP contribution >= 0.6 is 0 Å². The van der Waals surface area contributed by atoms with E-state index in [1.165, 1.54) is 119 Å². The van der Waals surface area contributed by atoms with E-state index in [-0.39, 0.29) is 10.8 Å². The van der Waals surface area contributed by atoms with Gasteiger partial charge in [-0.15, -0.1) is 0 Å². The predicted octanol–water partition coefficient (Wildman–Crippen LogP) is 14.5. The molecule has 3 unspecified atom stereocenters. The van der Waals surface area contributed by atoms with E-state index in [1.54, 1.807) is 11.1 Å². The molecule has 54 heavy (non-hydrogen) atoms. The van der Waals surface area contributed by atoms with Crippen molar-refractivity contribution in [1.82, 2.24) is 0 Å². The van der Waals surface area contributed by atoms with Gasteiger partial charge in [-0.2, -0.15) is 0 Å². The van der Waals surface area contributed by atoms with Gasteiger partial charge in [-0.3, -0.25) is 0 Å². The number of fused-ring (bicyclic) bond motifs is 14. The van der Waals surface area contributed by atoms with Gasteiger partial charge in [0, 0.05) is 33.0 Å². The molecule has 0 aliphatic heterocycles. The third kappa shape index (κ3) is 4.18. The van der Waals surface area contributed by atoms with Crippen LogP contribution in [0.3, 0.4) is 0 Å². The topological polar surface area (TPSA) is 16.4 Å². The number of furan rings is 1. The van der Waals surface area contributed by atoms with Crippen molar-refractivity contribution >= 4 is 39.0 Å². The highest BCUT2D eigenvalue weighted by molar-refractivity contribution is 6.10. The minimum atomic E-state index is -0.0960. The lowest BCUT2D eigenvalue weighted by Gasteiger charge is -2.37. The average Bonchev–Trinajstić information content (AvgIpc) is 4.03. The van der Waals surface area contributed by atoms with Gasteiger partial charge in [0.1, 0.15) is 5.58 Å². The first kappa shape index (κ1) is 31.3. The van der Waals surface area contributed by atoms with Gasteiger partial charge < -0.3 is 9.32 Å². The Bertz CT molecular complexity index is 2670. The van der Waals surface area contributed by atoms with Crippen LogP contribution in [0.15, 0.2) is 126 Å². The lowest BCUT2D eigenvalue weighted by molar-refractivity contribution is 0.327. The summed E-state index contributed by atoms with van der Waals surface area (Å²) in [6.45, 7) is 4.78. The van der Waals surface area contributed by atoms with Crippen LogP contribution in [0.25, 0.3) is 44.2 Å². The molecule has 5 aliphatic rings. The second-order valence-electron chi connectivity index (χ2n) is 17.9. The predicted molar refractivity (Wildman–Crippen MR) is 223 cm³/mol. The van der Waals surface area contributed by atoms with E-state index in [0.29, 0.717) is 11.8 Å². The maximum Gasteiger partial charge on any atom is 0.159 e. The average molecular weight is 702 g/mol. The number of hydrogen-bond acceptors (Lipinski definition) is 2. The van der Waals surface area contributed by atoms with E-state index in [1.807, 2.05) is 0 Å². The normalized spacial score (nSPS) is 23.2. The number of benzene rings is 6. The van der Waals surface area contributed by atoms with Crippen LogP contribution in [0.5, 0.6) is 0 Å². The fourth-order valence-corrected chi connectivity index (χ4v) is 12.4. The van der Waals surface area contributed by atoms with Crippen molar-refractivity contribution in [1.29, 1.82) is 0 Å². The summed E-state index contributed by atoms with van der Waals surface area (Å²) in [6, 6.07) is 46.8.